The van der Waals surface area contributed by atoms with E-state index >= 15 is 0 Å². The van der Waals surface area contributed by atoms with E-state index in [0.717, 1.165) is 50.5 Å². The number of hydrogen-bond acceptors (Lipinski definition) is 3. The second-order valence-corrected chi connectivity index (χ2v) is 8.92. The molecule has 2 aromatic rings. The molecule has 4 heteroatoms. The summed E-state index contributed by atoms with van der Waals surface area (Å²) in [5.41, 5.74) is 3.00. The largest absolute Gasteiger partial charge is 0.454 e. The van der Waals surface area contributed by atoms with Crippen LogP contribution in [0.2, 0.25) is 0 Å². The lowest BCUT2D eigenvalue weighted by molar-refractivity contribution is -0.672. The maximum Gasteiger partial charge on any atom is 0.231 e. The van der Waals surface area contributed by atoms with Crippen LogP contribution >= 0.6 is 0 Å². The molecule has 0 spiro atoms. The lowest BCUT2D eigenvalue weighted by atomic mass is 9.68. The minimum Gasteiger partial charge on any atom is -0.454 e. The fraction of sp³-hybridized carbons (Fsp3) is 0.500. The molecule has 0 amide bonds. The quantitative estimate of drug-likeness (QED) is 0.743. The smallest absolute Gasteiger partial charge is 0.231 e. The van der Waals surface area contributed by atoms with Crippen LogP contribution in [0, 0.1) is 5.41 Å². The van der Waals surface area contributed by atoms with Crippen LogP contribution in [0.4, 0.5) is 0 Å². The van der Waals surface area contributed by atoms with Crippen LogP contribution in [0.3, 0.4) is 0 Å². The average Bonchev–Trinajstić information content (AvgIpc) is 3.13. The minimum atomic E-state index is -0.0373. The topological polar surface area (TPSA) is 44.3 Å². The molecule has 150 valence electrons. The van der Waals surface area contributed by atoms with Gasteiger partial charge in [0, 0.05) is 18.6 Å². The van der Waals surface area contributed by atoms with Crippen molar-refractivity contribution in [2.24, 2.45) is 5.41 Å². The number of fused-ring (bicyclic) bond motifs is 1. The molecule has 4 nitrogen and oxygen atoms in total. The van der Waals surface area contributed by atoms with Crippen molar-refractivity contribution >= 4 is 0 Å². The number of ether oxygens (including phenoxy) is 3. The van der Waals surface area contributed by atoms with Crippen LogP contribution in [0.1, 0.15) is 44.2 Å². The Morgan fingerprint density at radius 1 is 0.964 bits per heavy atom. The second-order valence-electron chi connectivity index (χ2n) is 8.92. The van der Waals surface area contributed by atoms with Gasteiger partial charge in [0.2, 0.25) is 6.79 Å². The molecule has 1 fully saturated rings. The molecule has 0 bridgehead atoms. The first-order valence-electron chi connectivity index (χ1n) is 10.4. The molecule has 0 aliphatic carbocycles. The van der Waals surface area contributed by atoms with Crippen LogP contribution in [-0.2, 0) is 17.7 Å². The van der Waals surface area contributed by atoms with Crippen LogP contribution in [-0.4, -0.2) is 25.5 Å². The van der Waals surface area contributed by atoms with E-state index in [1.165, 1.54) is 17.5 Å². The Morgan fingerprint density at radius 3 is 2.61 bits per heavy atom. The Labute approximate surface area is 168 Å². The van der Waals surface area contributed by atoms with E-state index < -0.39 is 0 Å². The van der Waals surface area contributed by atoms with Crippen LogP contribution in [0.25, 0.3) is 0 Å². The van der Waals surface area contributed by atoms with Crippen molar-refractivity contribution in [1.82, 2.24) is 0 Å². The van der Waals surface area contributed by atoms with E-state index in [-0.39, 0.29) is 5.60 Å². The fourth-order valence-electron chi connectivity index (χ4n) is 4.81. The van der Waals surface area contributed by atoms with E-state index in [4.69, 9.17) is 14.2 Å². The molecule has 1 saturated heterocycles. The average molecular weight is 383 g/mol. The fourth-order valence-corrected chi connectivity index (χ4v) is 4.81. The summed E-state index contributed by atoms with van der Waals surface area (Å²) in [6.45, 7) is 7.77. The Morgan fingerprint density at radius 2 is 1.79 bits per heavy atom. The van der Waals surface area contributed by atoms with Gasteiger partial charge in [-0.2, -0.15) is 0 Å². The van der Waals surface area contributed by atoms with Crippen molar-refractivity contribution in [2.75, 3.05) is 19.9 Å². The predicted octanol–water partition coefficient (Wildman–Crippen LogP) is 3.69. The molecule has 2 heterocycles. The molecule has 1 atom stereocenters. The van der Waals surface area contributed by atoms with Gasteiger partial charge in [-0.05, 0) is 62.3 Å². The van der Waals surface area contributed by atoms with Gasteiger partial charge in [0.15, 0.2) is 11.5 Å². The van der Waals surface area contributed by atoms with E-state index in [2.05, 4.69) is 61.6 Å². The standard InChI is InChI=1S/C24H31NO3/c1-23(2)17-24(11-13-28-23,15-19-6-4-3-5-7-19)10-12-25-16-20-8-9-21-22(14-20)27-18-26-21/h3-9,14,25H,10-13,15-18H2,1-2H3/p+1/t24-/m0/s1. The molecule has 2 aromatic carbocycles. The van der Waals surface area contributed by atoms with Crippen molar-refractivity contribution in [3.05, 3.63) is 59.7 Å². The molecule has 2 aliphatic rings. The van der Waals surface area contributed by atoms with Crippen molar-refractivity contribution in [2.45, 2.75) is 51.7 Å². The molecule has 0 aromatic heterocycles. The summed E-state index contributed by atoms with van der Waals surface area (Å²) in [5, 5.41) is 2.42. The number of rotatable bonds is 7. The van der Waals surface area contributed by atoms with Crippen molar-refractivity contribution in [1.29, 1.82) is 0 Å². The van der Waals surface area contributed by atoms with E-state index in [0.29, 0.717) is 12.2 Å². The molecule has 4 rings (SSSR count). The van der Waals surface area contributed by atoms with Crippen LogP contribution in [0.15, 0.2) is 48.5 Å². The highest BCUT2D eigenvalue weighted by atomic mass is 16.7. The molecule has 2 aliphatic heterocycles. The summed E-state index contributed by atoms with van der Waals surface area (Å²) in [7, 11) is 0. The Balaban J connectivity index is 1.37. The summed E-state index contributed by atoms with van der Waals surface area (Å²) in [6.07, 6.45) is 4.60. The van der Waals surface area contributed by atoms with Gasteiger partial charge in [0.1, 0.15) is 6.54 Å². The second kappa shape index (κ2) is 8.14. The van der Waals surface area contributed by atoms with Gasteiger partial charge in [-0.25, -0.2) is 0 Å². The predicted molar refractivity (Wildman–Crippen MR) is 110 cm³/mol. The van der Waals surface area contributed by atoms with Gasteiger partial charge in [-0.1, -0.05) is 30.3 Å². The number of benzene rings is 2. The highest BCUT2D eigenvalue weighted by Gasteiger charge is 2.40. The zero-order valence-electron chi connectivity index (χ0n) is 17.1. The number of quaternary nitrogens is 1. The Bertz CT molecular complexity index is 790. The summed E-state index contributed by atoms with van der Waals surface area (Å²) in [6, 6.07) is 17.2. The zero-order valence-corrected chi connectivity index (χ0v) is 17.1. The molecule has 0 radical (unpaired) electrons. The monoisotopic (exact) mass is 382 g/mol. The lowest BCUT2D eigenvalue weighted by Crippen LogP contribution is -2.83. The molecule has 0 saturated carbocycles. The van der Waals surface area contributed by atoms with E-state index in [1.807, 2.05) is 6.07 Å². The SMILES string of the molecule is CC1(C)C[C@](CC[NH2+]Cc2ccc3c(c2)OCO3)(Cc2ccccc2)CCO1. The molecule has 0 unspecified atom stereocenters. The Hall–Kier alpha value is -2.04. The first-order valence-corrected chi connectivity index (χ1v) is 10.4. The summed E-state index contributed by atoms with van der Waals surface area (Å²) in [4.78, 5) is 0. The highest BCUT2D eigenvalue weighted by Crippen LogP contribution is 2.43. The summed E-state index contributed by atoms with van der Waals surface area (Å²) < 4.78 is 16.9. The molecule has 2 N–H and O–H groups in total. The third-order valence-electron chi connectivity index (χ3n) is 6.04. The minimum absolute atomic E-state index is 0.0373. The van der Waals surface area contributed by atoms with Gasteiger partial charge >= 0.3 is 0 Å². The normalized spacial score (nSPS) is 22.9. The number of nitrogens with two attached hydrogens (primary N) is 1. The van der Waals surface area contributed by atoms with Gasteiger partial charge in [0.25, 0.3) is 0 Å². The maximum atomic E-state index is 6.04. The molecule has 28 heavy (non-hydrogen) atoms. The van der Waals surface area contributed by atoms with Crippen molar-refractivity contribution in [3.63, 3.8) is 0 Å². The van der Waals surface area contributed by atoms with Crippen LogP contribution < -0.4 is 14.8 Å². The van der Waals surface area contributed by atoms with Crippen molar-refractivity contribution in [3.8, 4) is 11.5 Å². The van der Waals surface area contributed by atoms with E-state index in [9.17, 15) is 0 Å². The molecular weight excluding hydrogens is 350 g/mol. The first-order chi connectivity index (χ1) is 13.5. The lowest BCUT2D eigenvalue weighted by Gasteiger charge is -2.45. The maximum absolute atomic E-state index is 6.04. The van der Waals surface area contributed by atoms with E-state index in [1.54, 1.807) is 0 Å². The van der Waals surface area contributed by atoms with Gasteiger partial charge in [-0.3, -0.25) is 0 Å². The zero-order chi connectivity index (χ0) is 19.5. The first kappa shape index (κ1) is 19.3. The molecular formula is C24H32NO3+. The third kappa shape index (κ3) is 4.68. The van der Waals surface area contributed by atoms with Crippen molar-refractivity contribution < 1.29 is 19.5 Å². The summed E-state index contributed by atoms with van der Waals surface area (Å²) in [5.74, 6) is 1.73. The Kier molecular flexibility index (Phi) is 5.61. The van der Waals surface area contributed by atoms with Crippen LogP contribution in [0.5, 0.6) is 11.5 Å². The van der Waals surface area contributed by atoms with Gasteiger partial charge in [0.05, 0.1) is 12.1 Å². The highest BCUT2D eigenvalue weighted by molar-refractivity contribution is 5.44. The third-order valence-corrected chi connectivity index (χ3v) is 6.04. The van der Waals surface area contributed by atoms with Gasteiger partial charge < -0.3 is 19.5 Å². The summed E-state index contributed by atoms with van der Waals surface area (Å²) >= 11 is 0. The van der Waals surface area contributed by atoms with Gasteiger partial charge in [-0.15, -0.1) is 0 Å². The number of hydrogen-bond donors (Lipinski definition) is 1.